The van der Waals surface area contributed by atoms with E-state index in [4.69, 9.17) is 4.74 Å². The third-order valence-corrected chi connectivity index (χ3v) is 3.86. The molecule has 5 heteroatoms. The van der Waals surface area contributed by atoms with E-state index in [-0.39, 0.29) is 17.8 Å². The smallest absolute Gasteiger partial charge is 0.328 e. The maximum absolute atomic E-state index is 12.0. The lowest BCUT2D eigenvalue weighted by Crippen LogP contribution is -2.46. The van der Waals surface area contributed by atoms with Gasteiger partial charge in [0.15, 0.2) is 0 Å². The van der Waals surface area contributed by atoms with E-state index < -0.39 is 6.04 Å². The molecule has 1 fully saturated rings. The van der Waals surface area contributed by atoms with E-state index in [9.17, 15) is 9.59 Å². The first-order chi connectivity index (χ1) is 9.08. The van der Waals surface area contributed by atoms with Gasteiger partial charge in [-0.25, -0.2) is 4.79 Å². The minimum absolute atomic E-state index is 0.0515. The lowest BCUT2D eigenvalue weighted by Gasteiger charge is -2.25. The molecule has 0 aliphatic carbocycles. The molecule has 19 heavy (non-hydrogen) atoms. The molecular formula is C14H26N2O3. The number of carbonyl (C=O) groups is 2. The van der Waals surface area contributed by atoms with Crippen LogP contribution in [0, 0.1) is 11.8 Å². The average molecular weight is 270 g/mol. The molecule has 110 valence electrons. The predicted octanol–water partition coefficient (Wildman–Crippen LogP) is 1.08. The summed E-state index contributed by atoms with van der Waals surface area (Å²) in [4.78, 5) is 23.7. The molecule has 3 atom stereocenters. The van der Waals surface area contributed by atoms with E-state index in [1.165, 1.54) is 7.11 Å². The highest BCUT2D eigenvalue weighted by Gasteiger charge is 2.27. The molecule has 1 rings (SSSR count). The van der Waals surface area contributed by atoms with Crippen LogP contribution >= 0.6 is 0 Å². The highest BCUT2D eigenvalue weighted by atomic mass is 16.5. The Morgan fingerprint density at radius 3 is 2.74 bits per heavy atom. The zero-order valence-corrected chi connectivity index (χ0v) is 12.2. The zero-order valence-electron chi connectivity index (χ0n) is 12.2. The average Bonchev–Trinajstić information content (AvgIpc) is 2.44. The van der Waals surface area contributed by atoms with Crippen LogP contribution in [-0.4, -0.2) is 38.1 Å². The number of nitrogens with one attached hydrogen (secondary N) is 2. The summed E-state index contributed by atoms with van der Waals surface area (Å²) in [6, 6.07) is -0.529. The molecule has 0 bridgehead atoms. The van der Waals surface area contributed by atoms with E-state index in [2.05, 4.69) is 10.6 Å². The summed E-state index contributed by atoms with van der Waals surface area (Å²) in [6.45, 7) is 5.87. The first kappa shape index (κ1) is 16.0. The Morgan fingerprint density at radius 2 is 2.21 bits per heavy atom. The number of methoxy groups -OCH3 is 1. The van der Waals surface area contributed by atoms with Crippen LogP contribution in [0.2, 0.25) is 0 Å². The van der Waals surface area contributed by atoms with Gasteiger partial charge in [0.25, 0.3) is 0 Å². The quantitative estimate of drug-likeness (QED) is 0.709. The van der Waals surface area contributed by atoms with Gasteiger partial charge in [-0.3, -0.25) is 4.79 Å². The number of ether oxygens (including phenoxy) is 1. The summed E-state index contributed by atoms with van der Waals surface area (Å²) in [6.07, 6.45) is 3.50. The number of esters is 1. The standard InChI is InChI=1S/C14H26N2O3/c1-4-10(2)13(14(18)19-3)16-12(17)8-11-6-5-7-15-9-11/h10-11,13,15H,4-9H2,1-3H3,(H,16,17). The Kier molecular flexibility index (Phi) is 6.84. The summed E-state index contributed by atoms with van der Waals surface area (Å²) >= 11 is 0. The van der Waals surface area contributed by atoms with Gasteiger partial charge in [-0.1, -0.05) is 20.3 Å². The predicted molar refractivity (Wildman–Crippen MR) is 73.6 cm³/mol. The third-order valence-electron chi connectivity index (χ3n) is 3.86. The summed E-state index contributed by atoms with van der Waals surface area (Å²) < 4.78 is 4.76. The second-order valence-corrected chi connectivity index (χ2v) is 5.37. The van der Waals surface area contributed by atoms with Gasteiger partial charge in [0.1, 0.15) is 6.04 Å². The lowest BCUT2D eigenvalue weighted by molar-refractivity contribution is -0.146. The van der Waals surface area contributed by atoms with Gasteiger partial charge in [-0.2, -0.15) is 0 Å². The van der Waals surface area contributed by atoms with Crippen LogP contribution in [0.3, 0.4) is 0 Å². The summed E-state index contributed by atoms with van der Waals surface area (Å²) in [5.74, 6) is 0.0544. The second kappa shape index (κ2) is 8.15. The molecule has 5 nitrogen and oxygen atoms in total. The van der Waals surface area contributed by atoms with Gasteiger partial charge in [0.2, 0.25) is 5.91 Å². The maximum Gasteiger partial charge on any atom is 0.328 e. The molecule has 0 aromatic heterocycles. The molecule has 0 spiro atoms. The Bertz CT molecular complexity index is 301. The molecule has 3 unspecified atom stereocenters. The molecule has 0 aromatic rings. The van der Waals surface area contributed by atoms with Crippen molar-refractivity contribution < 1.29 is 14.3 Å². The Labute approximate surface area is 115 Å². The van der Waals surface area contributed by atoms with E-state index in [1.807, 2.05) is 13.8 Å². The molecule has 0 saturated carbocycles. The fourth-order valence-electron chi connectivity index (χ4n) is 2.39. The monoisotopic (exact) mass is 270 g/mol. The van der Waals surface area contributed by atoms with Crippen molar-refractivity contribution in [3.05, 3.63) is 0 Å². The van der Waals surface area contributed by atoms with E-state index in [0.29, 0.717) is 12.3 Å². The van der Waals surface area contributed by atoms with Crippen molar-refractivity contribution in [2.75, 3.05) is 20.2 Å². The minimum Gasteiger partial charge on any atom is -0.467 e. The van der Waals surface area contributed by atoms with Gasteiger partial charge in [0.05, 0.1) is 7.11 Å². The van der Waals surface area contributed by atoms with Crippen LogP contribution in [-0.2, 0) is 14.3 Å². The van der Waals surface area contributed by atoms with Crippen LogP contribution in [0.5, 0.6) is 0 Å². The lowest BCUT2D eigenvalue weighted by atomic mass is 9.94. The molecule has 1 heterocycles. The zero-order chi connectivity index (χ0) is 14.3. The summed E-state index contributed by atoms with van der Waals surface area (Å²) in [5.41, 5.74) is 0. The number of hydrogen-bond donors (Lipinski definition) is 2. The van der Waals surface area contributed by atoms with Crippen molar-refractivity contribution in [2.24, 2.45) is 11.8 Å². The molecule has 0 radical (unpaired) electrons. The molecule has 1 amide bonds. The van der Waals surface area contributed by atoms with Crippen molar-refractivity contribution in [1.29, 1.82) is 0 Å². The molecule has 1 saturated heterocycles. The van der Waals surface area contributed by atoms with Crippen molar-refractivity contribution in [2.45, 2.75) is 45.6 Å². The number of carbonyl (C=O) groups excluding carboxylic acids is 2. The Morgan fingerprint density at radius 1 is 1.47 bits per heavy atom. The molecule has 1 aliphatic heterocycles. The molecule has 2 N–H and O–H groups in total. The van der Waals surface area contributed by atoms with Crippen LogP contribution in [0.15, 0.2) is 0 Å². The van der Waals surface area contributed by atoms with Crippen molar-refractivity contribution in [1.82, 2.24) is 10.6 Å². The summed E-state index contributed by atoms with van der Waals surface area (Å²) in [5, 5.41) is 6.11. The number of amides is 1. The fourth-order valence-corrected chi connectivity index (χ4v) is 2.39. The number of hydrogen-bond acceptors (Lipinski definition) is 4. The van der Waals surface area contributed by atoms with Gasteiger partial charge >= 0.3 is 5.97 Å². The van der Waals surface area contributed by atoms with Gasteiger partial charge in [-0.05, 0) is 37.8 Å². The minimum atomic E-state index is -0.529. The molecule has 1 aliphatic rings. The van der Waals surface area contributed by atoms with Crippen LogP contribution in [0.1, 0.15) is 39.5 Å². The van der Waals surface area contributed by atoms with Crippen molar-refractivity contribution >= 4 is 11.9 Å². The van der Waals surface area contributed by atoms with E-state index >= 15 is 0 Å². The van der Waals surface area contributed by atoms with Crippen LogP contribution in [0.25, 0.3) is 0 Å². The van der Waals surface area contributed by atoms with Gasteiger partial charge < -0.3 is 15.4 Å². The van der Waals surface area contributed by atoms with Crippen molar-refractivity contribution in [3.63, 3.8) is 0 Å². The largest absolute Gasteiger partial charge is 0.467 e. The van der Waals surface area contributed by atoms with Gasteiger partial charge in [-0.15, -0.1) is 0 Å². The topological polar surface area (TPSA) is 67.4 Å². The summed E-state index contributed by atoms with van der Waals surface area (Å²) in [7, 11) is 1.36. The highest BCUT2D eigenvalue weighted by molar-refractivity contribution is 5.84. The highest BCUT2D eigenvalue weighted by Crippen LogP contribution is 2.15. The number of rotatable bonds is 6. The van der Waals surface area contributed by atoms with Gasteiger partial charge in [0, 0.05) is 6.42 Å². The molecular weight excluding hydrogens is 244 g/mol. The van der Waals surface area contributed by atoms with Crippen LogP contribution in [0.4, 0.5) is 0 Å². The van der Waals surface area contributed by atoms with E-state index in [1.54, 1.807) is 0 Å². The fraction of sp³-hybridized carbons (Fsp3) is 0.857. The first-order valence-corrected chi connectivity index (χ1v) is 7.16. The molecule has 0 aromatic carbocycles. The maximum atomic E-state index is 12.0. The second-order valence-electron chi connectivity index (χ2n) is 5.37. The first-order valence-electron chi connectivity index (χ1n) is 7.16. The van der Waals surface area contributed by atoms with E-state index in [0.717, 1.165) is 32.4 Å². The van der Waals surface area contributed by atoms with Crippen molar-refractivity contribution in [3.8, 4) is 0 Å². The number of piperidine rings is 1. The SMILES string of the molecule is CCC(C)C(NC(=O)CC1CCCNC1)C(=O)OC. The third kappa shape index (κ3) is 5.19. The van der Waals surface area contributed by atoms with Crippen LogP contribution < -0.4 is 10.6 Å². The Balaban J connectivity index is 2.48. The Hall–Kier alpha value is -1.10. The normalized spacial score (nSPS) is 22.4.